The van der Waals surface area contributed by atoms with Crippen molar-refractivity contribution in [1.82, 2.24) is 0 Å². The molecule has 0 bridgehead atoms. The minimum atomic E-state index is -0.542. The monoisotopic (exact) mass is 134 g/mol. The molecule has 3 nitrogen and oxygen atoms in total. The summed E-state index contributed by atoms with van der Waals surface area (Å²) in [6.07, 6.45) is 0.557. The first-order valence-corrected chi connectivity index (χ1v) is 3.20. The quantitative estimate of drug-likeness (QED) is 0.446. The van der Waals surface area contributed by atoms with Crippen LogP contribution in [0.2, 0.25) is 0 Å². The Morgan fingerprint density at radius 3 is 2.44 bits per heavy atom. The highest BCUT2D eigenvalue weighted by atomic mass is 17.1. The molecule has 0 radical (unpaired) electrons. The Morgan fingerprint density at radius 2 is 2.11 bits per heavy atom. The summed E-state index contributed by atoms with van der Waals surface area (Å²) in [6, 6.07) is 0. The molecular weight excluding hydrogens is 120 g/mol. The molecular formula is C6H14O3. The van der Waals surface area contributed by atoms with Gasteiger partial charge in [0.05, 0.1) is 6.10 Å². The van der Waals surface area contributed by atoms with E-state index in [1.165, 1.54) is 0 Å². The molecule has 0 aliphatic carbocycles. The molecule has 0 heterocycles. The van der Waals surface area contributed by atoms with Gasteiger partial charge in [-0.3, -0.25) is 5.26 Å². The zero-order valence-corrected chi connectivity index (χ0v) is 5.87. The first-order valence-electron chi connectivity index (χ1n) is 3.20. The number of aliphatic hydroxyl groups is 1. The maximum atomic E-state index is 9.03. The molecule has 0 spiro atoms. The molecule has 0 saturated heterocycles. The van der Waals surface area contributed by atoms with Crippen LogP contribution in [0.3, 0.4) is 0 Å². The zero-order chi connectivity index (χ0) is 7.28. The predicted octanol–water partition coefficient (Wildman–Crippen LogP) is 1.03. The lowest BCUT2D eigenvalue weighted by Crippen LogP contribution is -2.24. The first-order chi connectivity index (χ1) is 4.22. The highest BCUT2D eigenvalue weighted by molar-refractivity contribution is 4.60. The minimum Gasteiger partial charge on any atom is -0.390 e. The molecule has 0 rings (SSSR count). The summed E-state index contributed by atoms with van der Waals surface area (Å²) in [5.41, 5.74) is 0. The van der Waals surface area contributed by atoms with E-state index in [2.05, 4.69) is 4.89 Å². The Hall–Kier alpha value is -0.120. The highest BCUT2D eigenvalue weighted by Crippen LogP contribution is 2.03. The van der Waals surface area contributed by atoms with Crippen LogP contribution < -0.4 is 0 Å². The Bertz CT molecular complexity index is 65.3. The van der Waals surface area contributed by atoms with Crippen molar-refractivity contribution in [1.29, 1.82) is 0 Å². The van der Waals surface area contributed by atoms with Gasteiger partial charge in [0.2, 0.25) is 0 Å². The number of hydrogen-bond donors (Lipinski definition) is 2. The second-order valence-corrected chi connectivity index (χ2v) is 2.17. The van der Waals surface area contributed by atoms with Crippen molar-refractivity contribution in [2.75, 3.05) is 0 Å². The van der Waals surface area contributed by atoms with Gasteiger partial charge in [0, 0.05) is 0 Å². The van der Waals surface area contributed by atoms with Crippen LogP contribution in [0.5, 0.6) is 0 Å². The molecule has 0 aliphatic rings. The van der Waals surface area contributed by atoms with Crippen molar-refractivity contribution in [3.8, 4) is 0 Å². The normalized spacial score (nSPS) is 17.3. The molecule has 0 aromatic heterocycles. The lowest BCUT2D eigenvalue weighted by molar-refractivity contribution is -0.291. The molecule has 3 heteroatoms. The van der Waals surface area contributed by atoms with Crippen LogP contribution in [-0.4, -0.2) is 22.6 Å². The van der Waals surface area contributed by atoms with E-state index in [9.17, 15) is 0 Å². The lowest BCUT2D eigenvalue weighted by atomic mass is 10.1. The summed E-state index contributed by atoms with van der Waals surface area (Å²) < 4.78 is 0. The van der Waals surface area contributed by atoms with Crippen molar-refractivity contribution < 1.29 is 15.3 Å². The fourth-order valence-electron chi connectivity index (χ4n) is 0.601. The fraction of sp³-hybridized carbons (Fsp3) is 1.00. The Morgan fingerprint density at radius 1 is 1.56 bits per heavy atom. The molecule has 2 N–H and O–H groups in total. The zero-order valence-electron chi connectivity index (χ0n) is 5.87. The van der Waals surface area contributed by atoms with E-state index in [1.807, 2.05) is 6.92 Å². The van der Waals surface area contributed by atoms with Gasteiger partial charge in [-0.1, -0.05) is 13.3 Å². The van der Waals surface area contributed by atoms with Crippen molar-refractivity contribution in [2.45, 2.75) is 38.9 Å². The summed E-state index contributed by atoms with van der Waals surface area (Å²) in [5, 5.41) is 17.1. The second-order valence-electron chi connectivity index (χ2n) is 2.17. The molecule has 0 aromatic carbocycles. The van der Waals surface area contributed by atoms with Gasteiger partial charge in [-0.2, -0.15) is 0 Å². The number of rotatable bonds is 4. The molecule has 0 aliphatic heterocycles. The van der Waals surface area contributed by atoms with E-state index >= 15 is 0 Å². The maximum Gasteiger partial charge on any atom is 0.116 e. The molecule has 0 amide bonds. The highest BCUT2D eigenvalue weighted by Gasteiger charge is 2.12. The van der Waals surface area contributed by atoms with Gasteiger partial charge in [-0.15, -0.1) is 0 Å². The number of aliphatic hydroxyl groups excluding tert-OH is 1. The van der Waals surface area contributed by atoms with Gasteiger partial charge in [-0.05, 0) is 13.3 Å². The fourth-order valence-corrected chi connectivity index (χ4v) is 0.601. The maximum absolute atomic E-state index is 9.03. The van der Waals surface area contributed by atoms with E-state index in [-0.39, 0.29) is 0 Å². The standard InChI is InChI=1S/C6H14O3/c1-3-4-6(7)5(2)9-8/h5-8H,3-4H2,1-2H3. The topological polar surface area (TPSA) is 49.7 Å². The van der Waals surface area contributed by atoms with E-state index in [1.54, 1.807) is 6.92 Å². The van der Waals surface area contributed by atoms with E-state index in [0.717, 1.165) is 6.42 Å². The van der Waals surface area contributed by atoms with Gasteiger partial charge >= 0.3 is 0 Å². The molecule has 56 valence electrons. The molecule has 0 fully saturated rings. The summed E-state index contributed by atoms with van der Waals surface area (Å²) >= 11 is 0. The van der Waals surface area contributed by atoms with Crippen molar-refractivity contribution >= 4 is 0 Å². The van der Waals surface area contributed by atoms with Crippen molar-refractivity contribution in [2.24, 2.45) is 0 Å². The van der Waals surface area contributed by atoms with Crippen molar-refractivity contribution in [3.05, 3.63) is 0 Å². The van der Waals surface area contributed by atoms with Crippen LogP contribution in [-0.2, 0) is 4.89 Å². The summed E-state index contributed by atoms with van der Waals surface area (Å²) in [6.45, 7) is 3.59. The summed E-state index contributed by atoms with van der Waals surface area (Å²) in [4.78, 5) is 3.91. The van der Waals surface area contributed by atoms with Gasteiger partial charge in [0.15, 0.2) is 0 Å². The third kappa shape index (κ3) is 3.46. The average molecular weight is 134 g/mol. The van der Waals surface area contributed by atoms with E-state index < -0.39 is 12.2 Å². The van der Waals surface area contributed by atoms with Crippen LogP contribution in [0.1, 0.15) is 26.7 Å². The summed E-state index contributed by atoms with van der Waals surface area (Å²) in [5.74, 6) is 0. The van der Waals surface area contributed by atoms with Crippen LogP contribution in [0.15, 0.2) is 0 Å². The predicted molar refractivity (Wildman–Crippen MR) is 34.1 cm³/mol. The average Bonchev–Trinajstić information content (AvgIpc) is 1.87. The van der Waals surface area contributed by atoms with Crippen LogP contribution >= 0.6 is 0 Å². The van der Waals surface area contributed by atoms with E-state index in [0.29, 0.717) is 6.42 Å². The van der Waals surface area contributed by atoms with Gasteiger partial charge in [0.1, 0.15) is 6.10 Å². The van der Waals surface area contributed by atoms with Gasteiger partial charge in [-0.25, -0.2) is 4.89 Å². The third-order valence-electron chi connectivity index (χ3n) is 1.29. The van der Waals surface area contributed by atoms with Gasteiger partial charge in [0.25, 0.3) is 0 Å². The molecule has 2 unspecified atom stereocenters. The Balaban J connectivity index is 3.32. The molecule has 0 aromatic rings. The van der Waals surface area contributed by atoms with E-state index in [4.69, 9.17) is 10.4 Å². The van der Waals surface area contributed by atoms with Gasteiger partial charge < -0.3 is 5.11 Å². The lowest BCUT2D eigenvalue weighted by Gasteiger charge is -2.13. The summed E-state index contributed by atoms with van der Waals surface area (Å²) in [7, 11) is 0. The minimum absolute atomic E-state index is 0.468. The Kier molecular flexibility index (Phi) is 4.67. The molecule has 0 saturated carbocycles. The van der Waals surface area contributed by atoms with Crippen LogP contribution in [0.25, 0.3) is 0 Å². The molecule has 2 atom stereocenters. The second kappa shape index (κ2) is 4.73. The first kappa shape index (κ1) is 8.88. The third-order valence-corrected chi connectivity index (χ3v) is 1.29. The SMILES string of the molecule is CCCC(O)C(C)OO. The largest absolute Gasteiger partial charge is 0.390 e. The van der Waals surface area contributed by atoms with Crippen LogP contribution in [0.4, 0.5) is 0 Å². The Labute approximate surface area is 55.2 Å². The molecule has 9 heavy (non-hydrogen) atoms. The van der Waals surface area contributed by atoms with Crippen LogP contribution in [0, 0.1) is 0 Å². The number of hydrogen-bond acceptors (Lipinski definition) is 3. The van der Waals surface area contributed by atoms with Crippen molar-refractivity contribution in [3.63, 3.8) is 0 Å². The smallest absolute Gasteiger partial charge is 0.116 e.